The Bertz CT molecular complexity index is 1040. The molecule has 0 aliphatic heterocycles. The van der Waals surface area contributed by atoms with E-state index >= 15 is 0 Å². The molecule has 3 nitrogen and oxygen atoms in total. The monoisotopic (exact) mass is 372 g/mol. The zero-order valence-electron chi connectivity index (χ0n) is 16.2. The van der Waals surface area contributed by atoms with Gasteiger partial charge in [0.15, 0.2) is 0 Å². The second-order valence-electron chi connectivity index (χ2n) is 7.88. The molecule has 3 atom stereocenters. The lowest BCUT2D eigenvalue weighted by molar-refractivity contribution is 0.375. The fraction of sp³-hybridized carbons (Fsp3) is 0.280. The van der Waals surface area contributed by atoms with Gasteiger partial charge in [-0.05, 0) is 88.9 Å². The van der Waals surface area contributed by atoms with Crippen LogP contribution in [0.1, 0.15) is 39.7 Å². The predicted octanol–water partition coefficient (Wildman–Crippen LogP) is 5.05. The molecule has 1 N–H and O–H groups in total. The van der Waals surface area contributed by atoms with Crippen LogP contribution in [0.2, 0.25) is 0 Å². The highest BCUT2D eigenvalue weighted by Gasteiger charge is 2.43. The molecule has 3 aromatic rings. The smallest absolute Gasteiger partial charge is 0.119 e. The highest BCUT2D eigenvalue weighted by molar-refractivity contribution is 5.52. The fourth-order valence-electron chi connectivity index (χ4n) is 5.27. The van der Waals surface area contributed by atoms with Gasteiger partial charge in [0.25, 0.3) is 0 Å². The van der Waals surface area contributed by atoms with Gasteiger partial charge < -0.3 is 14.6 Å². The first-order valence-electron chi connectivity index (χ1n) is 9.80. The predicted molar refractivity (Wildman–Crippen MR) is 110 cm³/mol. The van der Waals surface area contributed by atoms with E-state index in [4.69, 9.17) is 9.47 Å². The summed E-state index contributed by atoms with van der Waals surface area (Å²) in [7, 11) is 3.44. The van der Waals surface area contributed by atoms with Gasteiger partial charge in [-0.2, -0.15) is 0 Å². The van der Waals surface area contributed by atoms with E-state index in [-0.39, 0.29) is 5.92 Å². The Morgan fingerprint density at radius 3 is 2.36 bits per heavy atom. The number of benzene rings is 3. The normalized spacial score (nSPS) is 22.1. The van der Waals surface area contributed by atoms with Crippen LogP contribution >= 0.6 is 0 Å². The van der Waals surface area contributed by atoms with Crippen molar-refractivity contribution in [2.75, 3.05) is 14.2 Å². The molecule has 0 saturated heterocycles. The van der Waals surface area contributed by atoms with Gasteiger partial charge in [0, 0.05) is 5.92 Å². The minimum Gasteiger partial charge on any atom is -0.508 e. The van der Waals surface area contributed by atoms with E-state index in [0.29, 0.717) is 17.6 Å². The number of hydrogen-bond donors (Lipinski definition) is 1. The summed E-state index contributed by atoms with van der Waals surface area (Å²) in [5, 5.41) is 10.1. The number of aromatic hydroxyl groups is 1. The van der Waals surface area contributed by atoms with Crippen molar-refractivity contribution in [3.05, 3.63) is 88.5 Å². The third-order valence-corrected chi connectivity index (χ3v) is 6.51. The molecular formula is C25H24O3. The molecule has 28 heavy (non-hydrogen) atoms. The zero-order chi connectivity index (χ0) is 19.3. The fourth-order valence-corrected chi connectivity index (χ4v) is 5.27. The number of ether oxygens (including phenoxy) is 2. The Balaban J connectivity index is 1.67. The molecule has 2 aliphatic carbocycles. The Labute approximate surface area is 165 Å². The maximum Gasteiger partial charge on any atom is 0.119 e. The van der Waals surface area contributed by atoms with Gasteiger partial charge in [-0.3, -0.25) is 0 Å². The molecule has 0 radical (unpaired) electrons. The maximum absolute atomic E-state index is 10.1. The van der Waals surface area contributed by atoms with Crippen LogP contribution < -0.4 is 9.47 Å². The van der Waals surface area contributed by atoms with Crippen LogP contribution in [0.5, 0.6) is 17.2 Å². The Kier molecular flexibility index (Phi) is 4.04. The average Bonchev–Trinajstić information content (AvgIpc) is 3.08. The van der Waals surface area contributed by atoms with E-state index in [1.165, 1.54) is 27.8 Å². The SMILES string of the molecule is COc1ccc2c(c1)C[C@H]1[C@@H](c3cccc(O)c3)c3cc(OC)ccc3C[C@@H]21. The van der Waals surface area contributed by atoms with E-state index < -0.39 is 0 Å². The molecule has 0 heterocycles. The third kappa shape index (κ3) is 2.65. The topological polar surface area (TPSA) is 38.7 Å². The lowest BCUT2D eigenvalue weighted by Gasteiger charge is -2.37. The Morgan fingerprint density at radius 2 is 1.57 bits per heavy atom. The standard InChI is InChI=1S/C25H24O3/c1-27-19-8-9-21-17(11-19)13-24-23(21)12-15-6-7-20(28-2)14-22(15)25(24)16-4-3-5-18(26)10-16/h3-11,14,23-26H,12-13H2,1-2H3/t23-,24+,25-/m0/s1. The summed E-state index contributed by atoms with van der Waals surface area (Å²) in [5.41, 5.74) is 6.70. The molecule has 0 spiro atoms. The van der Waals surface area contributed by atoms with Gasteiger partial charge in [0.1, 0.15) is 17.2 Å². The molecule has 2 aliphatic rings. The minimum absolute atomic E-state index is 0.231. The van der Waals surface area contributed by atoms with Crippen molar-refractivity contribution in [1.82, 2.24) is 0 Å². The lowest BCUT2D eigenvalue weighted by atomic mass is 9.67. The van der Waals surface area contributed by atoms with Crippen LogP contribution in [0.3, 0.4) is 0 Å². The van der Waals surface area contributed by atoms with Gasteiger partial charge in [-0.1, -0.05) is 24.3 Å². The van der Waals surface area contributed by atoms with Crippen LogP contribution in [0.25, 0.3) is 0 Å². The van der Waals surface area contributed by atoms with Crippen LogP contribution in [0.15, 0.2) is 60.7 Å². The summed E-state index contributed by atoms with van der Waals surface area (Å²) in [6.45, 7) is 0. The number of hydrogen-bond acceptors (Lipinski definition) is 3. The summed E-state index contributed by atoms with van der Waals surface area (Å²) in [6, 6.07) is 20.7. The molecule has 142 valence electrons. The summed E-state index contributed by atoms with van der Waals surface area (Å²) < 4.78 is 11.0. The number of phenols is 1. The molecular weight excluding hydrogens is 348 g/mol. The second-order valence-corrected chi connectivity index (χ2v) is 7.88. The van der Waals surface area contributed by atoms with Crippen molar-refractivity contribution in [2.45, 2.75) is 24.7 Å². The first kappa shape index (κ1) is 17.2. The Morgan fingerprint density at radius 1 is 0.786 bits per heavy atom. The van der Waals surface area contributed by atoms with Crippen molar-refractivity contribution < 1.29 is 14.6 Å². The molecule has 0 saturated carbocycles. The molecule has 0 fully saturated rings. The van der Waals surface area contributed by atoms with E-state index in [0.717, 1.165) is 24.3 Å². The molecule has 0 amide bonds. The van der Waals surface area contributed by atoms with Crippen LogP contribution in [-0.4, -0.2) is 19.3 Å². The first-order valence-corrected chi connectivity index (χ1v) is 9.80. The average molecular weight is 372 g/mol. The highest BCUT2D eigenvalue weighted by Crippen LogP contribution is 2.54. The molecule has 0 bridgehead atoms. The summed E-state index contributed by atoms with van der Waals surface area (Å²) in [4.78, 5) is 0. The number of phenolic OH excluding ortho intramolecular Hbond substituents is 1. The van der Waals surface area contributed by atoms with Crippen LogP contribution in [0.4, 0.5) is 0 Å². The van der Waals surface area contributed by atoms with Crippen molar-refractivity contribution in [3.63, 3.8) is 0 Å². The quantitative estimate of drug-likeness (QED) is 0.699. The lowest BCUT2D eigenvalue weighted by Crippen LogP contribution is -2.26. The van der Waals surface area contributed by atoms with Gasteiger partial charge >= 0.3 is 0 Å². The van der Waals surface area contributed by atoms with Crippen LogP contribution in [0, 0.1) is 5.92 Å². The zero-order valence-corrected chi connectivity index (χ0v) is 16.2. The minimum atomic E-state index is 0.231. The number of rotatable bonds is 3. The molecule has 3 heteroatoms. The summed E-state index contributed by atoms with van der Waals surface area (Å²) >= 11 is 0. The molecule has 3 aromatic carbocycles. The van der Waals surface area contributed by atoms with Crippen LogP contribution in [-0.2, 0) is 12.8 Å². The number of fused-ring (bicyclic) bond motifs is 4. The van der Waals surface area contributed by atoms with Gasteiger partial charge in [-0.25, -0.2) is 0 Å². The van der Waals surface area contributed by atoms with E-state index in [1.54, 1.807) is 20.3 Å². The molecule has 0 unspecified atom stereocenters. The largest absolute Gasteiger partial charge is 0.508 e. The molecule has 0 aromatic heterocycles. The summed E-state index contributed by atoms with van der Waals surface area (Å²) in [5.74, 6) is 3.30. The van der Waals surface area contributed by atoms with E-state index in [9.17, 15) is 5.11 Å². The van der Waals surface area contributed by atoms with Gasteiger partial charge in [-0.15, -0.1) is 0 Å². The van der Waals surface area contributed by atoms with Crippen molar-refractivity contribution in [2.24, 2.45) is 5.92 Å². The first-order chi connectivity index (χ1) is 13.7. The number of methoxy groups -OCH3 is 2. The van der Waals surface area contributed by atoms with E-state index in [2.05, 4.69) is 42.5 Å². The molecule has 5 rings (SSSR count). The van der Waals surface area contributed by atoms with Crippen molar-refractivity contribution >= 4 is 0 Å². The van der Waals surface area contributed by atoms with Crippen molar-refractivity contribution in [1.29, 1.82) is 0 Å². The maximum atomic E-state index is 10.1. The van der Waals surface area contributed by atoms with Gasteiger partial charge in [0.2, 0.25) is 0 Å². The highest BCUT2D eigenvalue weighted by atomic mass is 16.5. The van der Waals surface area contributed by atoms with Crippen molar-refractivity contribution in [3.8, 4) is 17.2 Å². The summed E-state index contributed by atoms with van der Waals surface area (Å²) in [6.07, 6.45) is 2.06. The second kappa shape index (κ2) is 6.59. The third-order valence-electron chi connectivity index (χ3n) is 6.51. The van der Waals surface area contributed by atoms with E-state index in [1.807, 2.05) is 12.1 Å². The Hall–Kier alpha value is -2.94. The van der Waals surface area contributed by atoms with Gasteiger partial charge in [0.05, 0.1) is 14.2 Å².